The fourth-order valence-corrected chi connectivity index (χ4v) is 5.45. The lowest BCUT2D eigenvalue weighted by molar-refractivity contribution is -0.127. The number of fused-ring (bicyclic) bond motifs is 1. The summed E-state index contributed by atoms with van der Waals surface area (Å²) < 4.78 is 27.7. The molecule has 1 fully saturated rings. The molecule has 158 valence electrons. The van der Waals surface area contributed by atoms with E-state index in [0.717, 1.165) is 14.4 Å². The summed E-state index contributed by atoms with van der Waals surface area (Å²) >= 11 is 0.674. The van der Waals surface area contributed by atoms with Crippen LogP contribution in [-0.2, 0) is 19.6 Å². The number of carbonyl (C=O) groups excluding carboxylic acids is 3. The van der Waals surface area contributed by atoms with Gasteiger partial charge in [0.05, 0.1) is 15.3 Å². The number of aryl methyl sites for hydroxylation is 1. The van der Waals surface area contributed by atoms with Gasteiger partial charge in [0.15, 0.2) is 0 Å². The van der Waals surface area contributed by atoms with Gasteiger partial charge in [-0.05, 0) is 43.0 Å². The summed E-state index contributed by atoms with van der Waals surface area (Å²) in [7, 11) is -3.89. The van der Waals surface area contributed by atoms with Gasteiger partial charge in [0.25, 0.3) is 21.2 Å². The van der Waals surface area contributed by atoms with Crippen LogP contribution in [0.25, 0.3) is 17.0 Å². The molecule has 1 aromatic heterocycles. The van der Waals surface area contributed by atoms with Crippen LogP contribution in [0.2, 0.25) is 0 Å². The third-order valence-corrected chi connectivity index (χ3v) is 7.36. The number of imide groups is 1. The fourth-order valence-electron chi connectivity index (χ4n) is 3.25. The first-order valence-electron chi connectivity index (χ1n) is 9.14. The van der Waals surface area contributed by atoms with Crippen LogP contribution in [-0.4, -0.2) is 40.9 Å². The Labute approximate surface area is 182 Å². The van der Waals surface area contributed by atoms with Gasteiger partial charge in [-0.1, -0.05) is 35.9 Å². The minimum absolute atomic E-state index is 0.0851. The van der Waals surface area contributed by atoms with Crippen molar-refractivity contribution < 1.29 is 22.8 Å². The number of nitrogens with two attached hydrogens (primary N) is 1. The molecule has 0 aliphatic carbocycles. The predicted octanol–water partition coefficient (Wildman–Crippen LogP) is 2.71. The van der Waals surface area contributed by atoms with Gasteiger partial charge in [-0.15, -0.1) is 0 Å². The maximum absolute atomic E-state index is 13.3. The molecule has 31 heavy (non-hydrogen) atoms. The quantitative estimate of drug-likeness (QED) is 0.591. The number of rotatable bonds is 5. The first-order valence-corrected chi connectivity index (χ1v) is 11.4. The molecule has 1 saturated heterocycles. The van der Waals surface area contributed by atoms with Crippen LogP contribution in [0, 0.1) is 6.92 Å². The van der Waals surface area contributed by atoms with Gasteiger partial charge in [0.1, 0.15) is 6.54 Å². The molecule has 2 N–H and O–H groups in total. The minimum atomic E-state index is -3.89. The smallest absolute Gasteiger partial charge is 0.294 e. The lowest BCUT2D eigenvalue weighted by Gasteiger charge is -2.08. The second-order valence-corrected chi connectivity index (χ2v) is 9.76. The van der Waals surface area contributed by atoms with Gasteiger partial charge in [-0.3, -0.25) is 19.3 Å². The van der Waals surface area contributed by atoms with E-state index in [4.69, 9.17) is 5.73 Å². The standard InChI is InChI=1S/C21H17N3O5S2/c1-13-6-8-15(9-7-13)31(28,29)24-11-14(16-4-2-3-5-17(16)24)10-18-20(26)23(12-19(22)25)21(27)30-18/h2-11H,12H2,1H3,(H2,22,25)/b18-10-. The monoisotopic (exact) mass is 455 g/mol. The zero-order valence-corrected chi connectivity index (χ0v) is 17.9. The highest BCUT2D eigenvalue weighted by Gasteiger charge is 2.36. The van der Waals surface area contributed by atoms with Crippen LogP contribution in [0.4, 0.5) is 4.79 Å². The summed E-state index contributed by atoms with van der Waals surface area (Å²) in [6.45, 7) is 1.36. The SMILES string of the molecule is Cc1ccc(S(=O)(=O)n2cc(/C=C3\SC(=O)N(CC(N)=O)C3=O)c3ccccc32)cc1. The van der Waals surface area contributed by atoms with Crippen LogP contribution in [0.5, 0.6) is 0 Å². The topological polar surface area (TPSA) is 120 Å². The van der Waals surface area contributed by atoms with Gasteiger partial charge < -0.3 is 5.73 Å². The number of primary amides is 1. The molecule has 1 aliphatic rings. The molecule has 4 rings (SSSR count). The molecule has 0 unspecified atom stereocenters. The average Bonchev–Trinajstić information content (AvgIpc) is 3.22. The van der Waals surface area contributed by atoms with Gasteiger partial charge in [0.2, 0.25) is 5.91 Å². The fraction of sp³-hybridized carbons (Fsp3) is 0.0952. The van der Waals surface area contributed by atoms with Gasteiger partial charge in [-0.2, -0.15) is 0 Å². The highest BCUT2D eigenvalue weighted by atomic mass is 32.2. The predicted molar refractivity (Wildman–Crippen MR) is 118 cm³/mol. The third kappa shape index (κ3) is 3.75. The minimum Gasteiger partial charge on any atom is -0.368 e. The molecule has 0 saturated carbocycles. The van der Waals surface area contributed by atoms with Crippen molar-refractivity contribution in [1.82, 2.24) is 8.87 Å². The van der Waals surface area contributed by atoms with E-state index in [9.17, 15) is 22.8 Å². The average molecular weight is 456 g/mol. The molecular formula is C21H17N3O5S2. The number of benzene rings is 2. The van der Waals surface area contributed by atoms with Crippen LogP contribution in [0.15, 0.2) is 64.5 Å². The van der Waals surface area contributed by atoms with E-state index in [1.807, 2.05) is 6.92 Å². The molecule has 3 amide bonds. The summed E-state index contributed by atoms with van der Waals surface area (Å²) in [6.07, 6.45) is 2.87. The van der Waals surface area contributed by atoms with Crippen molar-refractivity contribution >= 4 is 55.8 Å². The number of nitrogens with zero attached hydrogens (tertiary/aromatic N) is 2. The van der Waals surface area contributed by atoms with E-state index >= 15 is 0 Å². The first-order chi connectivity index (χ1) is 14.7. The number of carbonyl (C=O) groups is 3. The molecule has 0 radical (unpaired) electrons. The van der Waals surface area contributed by atoms with E-state index in [1.165, 1.54) is 24.4 Å². The number of thioether (sulfide) groups is 1. The number of aromatic nitrogens is 1. The molecule has 8 nitrogen and oxygen atoms in total. The van der Waals surface area contributed by atoms with E-state index in [1.54, 1.807) is 36.4 Å². The molecule has 2 heterocycles. The summed E-state index contributed by atoms with van der Waals surface area (Å²) in [5.41, 5.74) is 6.93. The Kier molecular flexibility index (Phi) is 5.19. The molecule has 0 bridgehead atoms. The molecule has 0 spiro atoms. The van der Waals surface area contributed by atoms with Gasteiger partial charge in [-0.25, -0.2) is 12.4 Å². The van der Waals surface area contributed by atoms with Crippen molar-refractivity contribution in [2.24, 2.45) is 5.73 Å². The molecule has 10 heteroatoms. The lowest BCUT2D eigenvalue weighted by atomic mass is 10.1. The zero-order valence-electron chi connectivity index (χ0n) is 16.3. The van der Waals surface area contributed by atoms with Crippen molar-refractivity contribution in [3.8, 4) is 0 Å². The van der Waals surface area contributed by atoms with Crippen LogP contribution < -0.4 is 5.73 Å². The van der Waals surface area contributed by atoms with Gasteiger partial charge >= 0.3 is 0 Å². The lowest BCUT2D eigenvalue weighted by Crippen LogP contribution is -2.36. The van der Waals surface area contributed by atoms with Crippen molar-refractivity contribution in [2.45, 2.75) is 11.8 Å². The van der Waals surface area contributed by atoms with Crippen molar-refractivity contribution in [2.75, 3.05) is 6.54 Å². The zero-order chi connectivity index (χ0) is 22.3. The van der Waals surface area contributed by atoms with Crippen LogP contribution in [0.3, 0.4) is 0 Å². The molecular weight excluding hydrogens is 438 g/mol. The summed E-state index contributed by atoms with van der Waals surface area (Å²) in [5.74, 6) is -1.45. The second-order valence-electron chi connectivity index (χ2n) is 6.95. The van der Waals surface area contributed by atoms with Gasteiger partial charge in [0, 0.05) is 17.1 Å². The van der Waals surface area contributed by atoms with E-state index in [-0.39, 0.29) is 9.80 Å². The summed E-state index contributed by atoms with van der Waals surface area (Å²) in [4.78, 5) is 36.7. The normalized spacial score (nSPS) is 15.9. The highest BCUT2D eigenvalue weighted by molar-refractivity contribution is 8.18. The molecule has 0 atom stereocenters. The molecule has 3 aromatic rings. The Balaban J connectivity index is 1.82. The van der Waals surface area contributed by atoms with Crippen molar-refractivity contribution in [3.05, 3.63) is 70.8 Å². The molecule has 1 aliphatic heterocycles. The first kappa shape index (κ1) is 20.9. The third-order valence-electron chi connectivity index (χ3n) is 4.76. The highest BCUT2D eigenvalue weighted by Crippen LogP contribution is 2.34. The number of hydrogen-bond donors (Lipinski definition) is 1. The van der Waals surface area contributed by atoms with Crippen molar-refractivity contribution in [1.29, 1.82) is 0 Å². The Morgan fingerprint density at radius 3 is 2.45 bits per heavy atom. The van der Waals surface area contributed by atoms with Crippen molar-refractivity contribution in [3.63, 3.8) is 0 Å². The van der Waals surface area contributed by atoms with E-state index in [2.05, 4.69) is 0 Å². The van der Waals surface area contributed by atoms with E-state index < -0.39 is 33.6 Å². The Morgan fingerprint density at radius 1 is 1.10 bits per heavy atom. The summed E-state index contributed by atoms with van der Waals surface area (Å²) in [6, 6.07) is 13.4. The Hall–Kier alpha value is -3.37. The summed E-state index contributed by atoms with van der Waals surface area (Å²) in [5, 5.41) is -0.00838. The number of hydrogen-bond acceptors (Lipinski definition) is 6. The molecule has 2 aromatic carbocycles. The maximum Gasteiger partial charge on any atom is 0.294 e. The Morgan fingerprint density at radius 2 is 1.77 bits per heavy atom. The second kappa shape index (κ2) is 7.71. The number of amides is 3. The maximum atomic E-state index is 13.3. The van der Waals surface area contributed by atoms with E-state index in [0.29, 0.717) is 28.2 Å². The number of para-hydroxylation sites is 1. The van der Waals surface area contributed by atoms with Crippen LogP contribution >= 0.6 is 11.8 Å². The largest absolute Gasteiger partial charge is 0.368 e. The Bertz CT molecular complexity index is 1370. The van der Waals surface area contributed by atoms with Crippen LogP contribution in [0.1, 0.15) is 11.1 Å².